The molecule has 0 bridgehead atoms. The third-order valence-electron chi connectivity index (χ3n) is 3.03. The number of carbonyl (C=O) groups excluding carboxylic acids is 1. The number of carbonyl (C=O) groups is 1. The molecule has 0 aromatic carbocycles. The van der Waals surface area contributed by atoms with Gasteiger partial charge in [-0.3, -0.25) is 4.79 Å². The lowest BCUT2D eigenvalue weighted by atomic mass is 10.2. The van der Waals surface area contributed by atoms with Crippen LogP contribution in [0.3, 0.4) is 0 Å². The van der Waals surface area contributed by atoms with Gasteiger partial charge in [0.25, 0.3) is 0 Å². The van der Waals surface area contributed by atoms with E-state index in [1.54, 1.807) is 0 Å². The topological polar surface area (TPSA) is 41.6 Å². The summed E-state index contributed by atoms with van der Waals surface area (Å²) in [6.07, 6.45) is 5.93. The highest BCUT2D eigenvalue weighted by Crippen LogP contribution is 2.09. The lowest BCUT2D eigenvalue weighted by molar-refractivity contribution is -0.136. The molecular formula is C13H26N2O2. The molecule has 0 saturated carbocycles. The normalized spacial score (nSPS) is 16.9. The Hall–Kier alpha value is -0.610. The van der Waals surface area contributed by atoms with Gasteiger partial charge in [0.1, 0.15) is 6.61 Å². The molecule has 1 N–H and O–H groups in total. The first kappa shape index (κ1) is 14.5. The van der Waals surface area contributed by atoms with Gasteiger partial charge in [0.15, 0.2) is 0 Å². The van der Waals surface area contributed by atoms with Crippen molar-refractivity contribution < 1.29 is 9.53 Å². The molecule has 1 aliphatic heterocycles. The predicted molar refractivity (Wildman–Crippen MR) is 69.0 cm³/mol. The minimum absolute atomic E-state index is 0.155. The summed E-state index contributed by atoms with van der Waals surface area (Å²) in [7, 11) is 0. The number of nitrogens with one attached hydrogen (secondary N) is 1. The third-order valence-corrected chi connectivity index (χ3v) is 3.03. The highest BCUT2D eigenvalue weighted by molar-refractivity contribution is 5.77. The maximum atomic E-state index is 11.8. The minimum atomic E-state index is 0.155. The van der Waals surface area contributed by atoms with E-state index in [2.05, 4.69) is 12.2 Å². The fourth-order valence-electron chi connectivity index (χ4n) is 2.02. The second kappa shape index (κ2) is 9.42. The molecule has 100 valence electrons. The van der Waals surface area contributed by atoms with Crippen molar-refractivity contribution >= 4 is 5.91 Å². The molecule has 4 heteroatoms. The van der Waals surface area contributed by atoms with Crippen LogP contribution < -0.4 is 5.32 Å². The van der Waals surface area contributed by atoms with Crippen molar-refractivity contribution in [2.75, 3.05) is 39.4 Å². The van der Waals surface area contributed by atoms with Gasteiger partial charge in [0, 0.05) is 19.6 Å². The van der Waals surface area contributed by atoms with Crippen LogP contribution in [0.1, 0.15) is 39.0 Å². The highest BCUT2D eigenvalue weighted by Gasteiger charge is 2.14. The molecule has 1 aliphatic rings. The van der Waals surface area contributed by atoms with E-state index in [1.165, 1.54) is 12.8 Å². The molecule has 0 aliphatic carbocycles. The van der Waals surface area contributed by atoms with Gasteiger partial charge in [-0.15, -0.1) is 0 Å². The van der Waals surface area contributed by atoms with E-state index in [4.69, 9.17) is 4.74 Å². The minimum Gasteiger partial charge on any atom is -0.370 e. The molecule has 0 radical (unpaired) electrons. The molecule has 1 saturated heterocycles. The Balaban J connectivity index is 2.03. The summed E-state index contributed by atoms with van der Waals surface area (Å²) in [5.41, 5.74) is 0. The Morgan fingerprint density at radius 3 is 2.53 bits per heavy atom. The van der Waals surface area contributed by atoms with Gasteiger partial charge >= 0.3 is 0 Å². The molecule has 0 spiro atoms. The summed E-state index contributed by atoms with van der Waals surface area (Å²) in [6.45, 7) is 6.68. The molecule has 1 fully saturated rings. The Kier molecular flexibility index (Phi) is 8.01. The van der Waals surface area contributed by atoms with Crippen LogP contribution in [0.2, 0.25) is 0 Å². The Morgan fingerprint density at radius 2 is 1.88 bits per heavy atom. The molecule has 1 rings (SSSR count). The van der Waals surface area contributed by atoms with Gasteiger partial charge in [-0.25, -0.2) is 0 Å². The molecule has 1 amide bonds. The summed E-state index contributed by atoms with van der Waals surface area (Å²) in [6, 6.07) is 0. The fraction of sp³-hybridized carbons (Fsp3) is 0.923. The second-order valence-corrected chi connectivity index (χ2v) is 4.60. The summed E-state index contributed by atoms with van der Waals surface area (Å²) in [5.74, 6) is 0.155. The van der Waals surface area contributed by atoms with E-state index in [0.717, 1.165) is 45.4 Å². The average Bonchev–Trinajstić information content (AvgIpc) is 2.62. The lowest BCUT2D eigenvalue weighted by Gasteiger charge is -2.20. The number of ether oxygens (including phenoxy) is 1. The number of amides is 1. The standard InChI is InChI=1S/C13H26N2O2/c1-2-7-14-8-11-17-12-13(16)15-9-5-3-4-6-10-15/h14H,2-12H2,1H3. The maximum Gasteiger partial charge on any atom is 0.248 e. The van der Waals surface area contributed by atoms with Crippen LogP contribution in [0.5, 0.6) is 0 Å². The van der Waals surface area contributed by atoms with Crippen LogP contribution in [0.4, 0.5) is 0 Å². The summed E-state index contributed by atoms with van der Waals surface area (Å²) in [4.78, 5) is 13.8. The van der Waals surface area contributed by atoms with E-state index in [-0.39, 0.29) is 12.5 Å². The molecule has 0 atom stereocenters. The Bertz CT molecular complexity index is 202. The fourth-order valence-corrected chi connectivity index (χ4v) is 2.02. The van der Waals surface area contributed by atoms with Gasteiger partial charge in [-0.05, 0) is 25.8 Å². The molecule has 0 aromatic heterocycles. The van der Waals surface area contributed by atoms with Crippen LogP contribution in [-0.4, -0.2) is 50.2 Å². The average molecular weight is 242 g/mol. The van der Waals surface area contributed by atoms with Gasteiger partial charge < -0.3 is 15.0 Å². The smallest absolute Gasteiger partial charge is 0.248 e. The van der Waals surface area contributed by atoms with Gasteiger partial charge in [0.2, 0.25) is 5.91 Å². The highest BCUT2D eigenvalue weighted by atomic mass is 16.5. The van der Waals surface area contributed by atoms with Crippen LogP contribution in [0, 0.1) is 0 Å². The molecule has 4 nitrogen and oxygen atoms in total. The SMILES string of the molecule is CCCNCCOCC(=O)N1CCCCCC1. The first-order chi connectivity index (χ1) is 8.34. The van der Waals surface area contributed by atoms with Crippen molar-refractivity contribution in [1.29, 1.82) is 0 Å². The first-order valence-electron chi connectivity index (χ1n) is 6.91. The van der Waals surface area contributed by atoms with E-state index >= 15 is 0 Å². The molecule has 17 heavy (non-hydrogen) atoms. The zero-order valence-electron chi connectivity index (χ0n) is 11.0. The van der Waals surface area contributed by atoms with E-state index in [0.29, 0.717) is 6.61 Å². The summed E-state index contributed by atoms with van der Waals surface area (Å²) in [5, 5.41) is 3.25. The number of likely N-dealkylation sites (tertiary alicyclic amines) is 1. The number of hydrogen-bond acceptors (Lipinski definition) is 3. The third kappa shape index (κ3) is 6.64. The van der Waals surface area contributed by atoms with E-state index in [1.807, 2.05) is 4.90 Å². The van der Waals surface area contributed by atoms with Gasteiger partial charge in [-0.2, -0.15) is 0 Å². The molecule has 0 aromatic rings. The monoisotopic (exact) mass is 242 g/mol. The Labute approximate surface area is 105 Å². The first-order valence-corrected chi connectivity index (χ1v) is 6.91. The second-order valence-electron chi connectivity index (χ2n) is 4.60. The Morgan fingerprint density at radius 1 is 1.18 bits per heavy atom. The number of nitrogens with zero attached hydrogens (tertiary/aromatic N) is 1. The van der Waals surface area contributed by atoms with Crippen molar-refractivity contribution in [3.8, 4) is 0 Å². The summed E-state index contributed by atoms with van der Waals surface area (Å²) >= 11 is 0. The van der Waals surface area contributed by atoms with Crippen LogP contribution in [-0.2, 0) is 9.53 Å². The maximum absolute atomic E-state index is 11.8. The van der Waals surface area contributed by atoms with Crippen molar-refractivity contribution in [2.24, 2.45) is 0 Å². The molecule has 0 unspecified atom stereocenters. The van der Waals surface area contributed by atoms with Crippen LogP contribution in [0.15, 0.2) is 0 Å². The quantitative estimate of drug-likeness (QED) is 0.686. The van der Waals surface area contributed by atoms with Crippen molar-refractivity contribution in [1.82, 2.24) is 10.2 Å². The van der Waals surface area contributed by atoms with Gasteiger partial charge in [0.05, 0.1) is 6.61 Å². The zero-order chi connectivity index (χ0) is 12.3. The van der Waals surface area contributed by atoms with E-state index < -0.39 is 0 Å². The number of hydrogen-bond donors (Lipinski definition) is 1. The van der Waals surface area contributed by atoms with Gasteiger partial charge in [-0.1, -0.05) is 19.8 Å². The van der Waals surface area contributed by atoms with Crippen molar-refractivity contribution in [3.63, 3.8) is 0 Å². The molecular weight excluding hydrogens is 216 g/mol. The predicted octanol–water partition coefficient (Wildman–Crippen LogP) is 1.41. The van der Waals surface area contributed by atoms with Crippen LogP contribution >= 0.6 is 0 Å². The zero-order valence-corrected chi connectivity index (χ0v) is 11.0. The molecule has 1 heterocycles. The summed E-state index contributed by atoms with van der Waals surface area (Å²) < 4.78 is 5.38. The largest absolute Gasteiger partial charge is 0.370 e. The number of rotatable bonds is 7. The van der Waals surface area contributed by atoms with Crippen molar-refractivity contribution in [3.05, 3.63) is 0 Å². The van der Waals surface area contributed by atoms with Crippen LogP contribution in [0.25, 0.3) is 0 Å². The van der Waals surface area contributed by atoms with E-state index in [9.17, 15) is 4.79 Å². The van der Waals surface area contributed by atoms with Crippen molar-refractivity contribution in [2.45, 2.75) is 39.0 Å². The lowest BCUT2D eigenvalue weighted by Crippen LogP contribution is -2.35.